The number of hydrogen-bond acceptors (Lipinski definition) is 6. The molecule has 0 aromatic carbocycles. The third-order valence-corrected chi connectivity index (χ3v) is 1.95. The molecule has 0 atom stereocenters. The van der Waals surface area contributed by atoms with Gasteiger partial charge < -0.3 is 10.5 Å². The monoisotopic (exact) mass is 215 g/mol. The number of anilines is 2. The van der Waals surface area contributed by atoms with Crippen molar-refractivity contribution in [2.24, 2.45) is 0 Å². The maximum absolute atomic E-state index is 5.68. The molecule has 0 unspecified atom stereocenters. The molecule has 0 saturated heterocycles. The van der Waals surface area contributed by atoms with Crippen LogP contribution in [0.5, 0.6) is 0 Å². The zero-order chi connectivity index (χ0) is 11.7. The van der Waals surface area contributed by atoms with Crippen LogP contribution in [0, 0.1) is 6.92 Å². The van der Waals surface area contributed by atoms with E-state index in [-0.39, 0.29) is 5.95 Å². The first-order chi connectivity index (χ1) is 7.58. The van der Waals surface area contributed by atoms with E-state index in [1.807, 2.05) is 0 Å². The highest BCUT2D eigenvalue weighted by molar-refractivity contribution is 6.16. The molecule has 2 radical (unpaired) electrons. The van der Waals surface area contributed by atoms with Crippen LogP contribution in [0.15, 0.2) is 12.4 Å². The summed E-state index contributed by atoms with van der Waals surface area (Å²) in [6.07, 6.45) is 1.39. The lowest BCUT2D eigenvalue weighted by molar-refractivity contribution is 0.834. The van der Waals surface area contributed by atoms with Gasteiger partial charge in [-0.3, -0.25) is 0 Å². The van der Waals surface area contributed by atoms with Crippen LogP contribution in [0.2, 0.25) is 0 Å². The number of rotatable bonds is 2. The van der Waals surface area contributed by atoms with Crippen LogP contribution < -0.4 is 10.5 Å². The van der Waals surface area contributed by atoms with Gasteiger partial charge in [-0.05, 0) is 14.0 Å². The Balaban J connectivity index is 2.48. The quantitative estimate of drug-likeness (QED) is 0.677. The van der Waals surface area contributed by atoms with Crippen LogP contribution in [0.25, 0.3) is 5.82 Å². The van der Waals surface area contributed by atoms with Crippen LogP contribution in [0.4, 0.5) is 11.8 Å². The standard InChI is InChI=1S/C8H10BN7/c1-5-13-8(10)16(14-5)7-3-6(15(2)9)11-4-12-7/h3-4H,1-2H3,(H2,10,13,14). The summed E-state index contributed by atoms with van der Waals surface area (Å²) < 4.78 is 1.43. The lowest BCUT2D eigenvalue weighted by Gasteiger charge is -2.11. The Morgan fingerprint density at radius 3 is 2.75 bits per heavy atom. The number of hydrogen-bond donors (Lipinski definition) is 1. The molecule has 16 heavy (non-hydrogen) atoms. The molecular weight excluding hydrogens is 205 g/mol. The molecule has 0 aliphatic rings. The first-order valence-corrected chi connectivity index (χ1v) is 4.58. The van der Waals surface area contributed by atoms with E-state index in [4.69, 9.17) is 13.7 Å². The number of aryl methyl sites for hydroxylation is 1. The fourth-order valence-corrected chi connectivity index (χ4v) is 1.25. The molecule has 0 amide bonds. The third kappa shape index (κ3) is 1.81. The van der Waals surface area contributed by atoms with Crippen molar-refractivity contribution in [3.8, 4) is 5.82 Å². The average molecular weight is 215 g/mol. The minimum absolute atomic E-state index is 0.279. The topological polar surface area (TPSA) is 85.8 Å². The van der Waals surface area contributed by atoms with Crippen molar-refractivity contribution < 1.29 is 0 Å². The molecule has 8 heteroatoms. The summed E-state index contributed by atoms with van der Waals surface area (Å²) in [6.45, 7) is 1.75. The van der Waals surface area contributed by atoms with Gasteiger partial charge >= 0.3 is 0 Å². The van der Waals surface area contributed by atoms with Gasteiger partial charge in [0.05, 0.1) is 0 Å². The number of nitrogens with zero attached hydrogens (tertiary/aromatic N) is 6. The van der Waals surface area contributed by atoms with E-state index in [2.05, 4.69) is 20.1 Å². The van der Waals surface area contributed by atoms with Crippen LogP contribution in [0.3, 0.4) is 0 Å². The van der Waals surface area contributed by atoms with Gasteiger partial charge in [0.25, 0.3) is 0 Å². The number of nitrogens with two attached hydrogens (primary N) is 1. The van der Waals surface area contributed by atoms with E-state index in [0.717, 1.165) is 0 Å². The largest absolute Gasteiger partial charge is 0.413 e. The van der Waals surface area contributed by atoms with Crippen molar-refractivity contribution in [2.75, 3.05) is 17.6 Å². The SMILES string of the molecule is [B]N(C)c1cc(-n2nc(C)nc2N)ncn1. The highest BCUT2D eigenvalue weighted by Gasteiger charge is 2.08. The third-order valence-electron chi connectivity index (χ3n) is 1.95. The predicted octanol–water partition coefficient (Wildman–Crippen LogP) is -0.532. The fraction of sp³-hybridized carbons (Fsp3) is 0.250. The van der Waals surface area contributed by atoms with Gasteiger partial charge in [-0.2, -0.15) is 9.67 Å². The van der Waals surface area contributed by atoms with E-state index in [1.165, 1.54) is 15.8 Å². The van der Waals surface area contributed by atoms with Gasteiger partial charge in [0, 0.05) is 6.07 Å². The minimum atomic E-state index is 0.279. The second-order valence-electron chi connectivity index (χ2n) is 3.27. The van der Waals surface area contributed by atoms with Gasteiger partial charge in [-0.1, -0.05) is 0 Å². The van der Waals surface area contributed by atoms with Crippen LogP contribution in [-0.2, 0) is 0 Å². The van der Waals surface area contributed by atoms with Crippen LogP contribution in [0.1, 0.15) is 5.82 Å². The smallest absolute Gasteiger partial charge is 0.228 e. The summed E-state index contributed by atoms with van der Waals surface area (Å²) in [5.74, 6) is 1.96. The summed E-state index contributed by atoms with van der Waals surface area (Å²) in [4.78, 5) is 13.4. The predicted molar refractivity (Wildman–Crippen MR) is 60.3 cm³/mol. The number of aromatic nitrogens is 5. The Morgan fingerprint density at radius 1 is 1.44 bits per heavy atom. The van der Waals surface area contributed by atoms with Crippen LogP contribution >= 0.6 is 0 Å². The lowest BCUT2D eigenvalue weighted by Crippen LogP contribution is -2.14. The Labute approximate surface area is 93.8 Å². The second-order valence-corrected chi connectivity index (χ2v) is 3.27. The molecule has 0 aliphatic carbocycles. The molecule has 2 aromatic heterocycles. The Bertz CT molecular complexity index is 507. The second kappa shape index (κ2) is 3.80. The normalized spacial score (nSPS) is 10.4. The average Bonchev–Trinajstić information content (AvgIpc) is 2.58. The van der Waals surface area contributed by atoms with E-state index >= 15 is 0 Å². The Morgan fingerprint density at radius 2 is 2.19 bits per heavy atom. The van der Waals surface area contributed by atoms with E-state index in [9.17, 15) is 0 Å². The number of nitrogen functional groups attached to an aromatic ring is 1. The van der Waals surface area contributed by atoms with Gasteiger partial charge in [0.2, 0.25) is 13.9 Å². The summed E-state index contributed by atoms with van der Waals surface area (Å²) in [5, 5.41) is 4.11. The lowest BCUT2D eigenvalue weighted by atomic mass is 10.3. The summed E-state index contributed by atoms with van der Waals surface area (Å²) in [7, 11) is 7.25. The first-order valence-electron chi connectivity index (χ1n) is 4.58. The van der Waals surface area contributed by atoms with Gasteiger partial charge in [0.1, 0.15) is 18.0 Å². The molecule has 2 N–H and O–H groups in total. The molecule has 0 bridgehead atoms. The Kier molecular flexibility index (Phi) is 2.47. The van der Waals surface area contributed by atoms with Crippen molar-refractivity contribution in [2.45, 2.75) is 6.92 Å². The van der Waals surface area contributed by atoms with E-state index in [0.29, 0.717) is 17.5 Å². The van der Waals surface area contributed by atoms with Crippen molar-refractivity contribution in [3.63, 3.8) is 0 Å². The minimum Gasteiger partial charge on any atom is -0.413 e. The molecule has 80 valence electrons. The maximum Gasteiger partial charge on any atom is 0.228 e. The maximum atomic E-state index is 5.68. The first kappa shape index (κ1) is 10.4. The molecule has 2 rings (SSSR count). The highest BCUT2D eigenvalue weighted by atomic mass is 15.4. The fourth-order valence-electron chi connectivity index (χ4n) is 1.25. The zero-order valence-electron chi connectivity index (χ0n) is 8.99. The zero-order valence-corrected chi connectivity index (χ0v) is 8.99. The summed E-state index contributed by atoms with van der Waals surface area (Å²) in [6, 6.07) is 1.67. The molecule has 0 saturated carbocycles. The molecule has 0 spiro atoms. The Hall–Kier alpha value is -2.12. The van der Waals surface area contributed by atoms with Crippen molar-refractivity contribution in [1.82, 2.24) is 24.7 Å². The van der Waals surface area contributed by atoms with Crippen molar-refractivity contribution in [3.05, 3.63) is 18.2 Å². The van der Waals surface area contributed by atoms with E-state index in [1.54, 1.807) is 20.0 Å². The van der Waals surface area contributed by atoms with Crippen LogP contribution in [-0.4, -0.2) is 39.8 Å². The molecular formula is C8H10BN7. The molecule has 7 nitrogen and oxygen atoms in total. The van der Waals surface area contributed by atoms with Gasteiger partial charge in [0.15, 0.2) is 5.82 Å². The summed E-state index contributed by atoms with van der Waals surface area (Å²) in [5.41, 5.74) is 5.68. The van der Waals surface area contributed by atoms with Crippen molar-refractivity contribution in [1.29, 1.82) is 0 Å². The molecule has 0 fully saturated rings. The van der Waals surface area contributed by atoms with E-state index < -0.39 is 0 Å². The summed E-state index contributed by atoms with van der Waals surface area (Å²) >= 11 is 0. The molecule has 2 heterocycles. The van der Waals surface area contributed by atoms with Crippen molar-refractivity contribution >= 4 is 19.7 Å². The van der Waals surface area contributed by atoms with Gasteiger partial charge in [-0.25, -0.2) is 9.97 Å². The molecule has 2 aromatic rings. The molecule has 0 aliphatic heterocycles. The highest BCUT2D eigenvalue weighted by Crippen LogP contribution is 2.12. The van der Waals surface area contributed by atoms with Gasteiger partial charge in [-0.15, -0.1) is 5.10 Å².